The van der Waals surface area contributed by atoms with Crippen molar-refractivity contribution in [2.75, 3.05) is 0 Å². The summed E-state index contributed by atoms with van der Waals surface area (Å²) in [6.45, 7) is 2.45. The zero-order chi connectivity index (χ0) is 16.9. The lowest BCUT2D eigenvalue weighted by atomic mass is 9.96. The molecule has 24 heavy (non-hydrogen) atoms. The Morgan fingerprint density at radius 2 is 1.71 bits per heavy atom. The van der Waals surface area contributed by atoms with Gasteiger partial charge in [-0.25, -0.2) is 0 Å². The normalized spacial score (nSPS) is 10.4. The molecule has 0 radical (unpaired) electrons. The van der Waals surface area contributed by atoms with E-state index in [-0.39, 0.29) is 0 Å². The predicted octanol–water partition coefficient (Wildman–Crippen LogP) is 5.71. The zero-order valence-electron chi connectivity index (χ0n) is 13.3. The number of carbonyl (C=O) groups excluding carboxylic acids is 1. The number of aldehydes is 1. The van der Waals surface area contributed by atoms with Gasteiger partial charge < -0.3 is 4.74 Å². The Kier molecular flexibility index (Phi) is 4.97. The average molecular weight is 337 g/mol. The first-order chi connectivity index (χ1) is 11.7. The summed E-state index contributed by atoms with van der Waals surface area (Å²) in [5.74, 6) is 0.677. The number of aryl methyl sites for hydroxylation is 1. The highest BCUT2D eigenvalue weighted by molar-refractivity contribution is 6.30. The van der Waals surface area contributed by atoms with E-state index in [1.807, 2.05) is 67.6 Å². The molecule has 120 valence electrons. The minimum Gasteiger partial charge on any atom is -0.489 e. The molecular weight excluding hydrogens is 320 g/mol. The van der Waals surface area contributed by atoms with Gasteiger partial charge in [0.2, 0.25) is 0 Å². The van der Waals surface area contributed by atoms with Crippen LogP contribution in [0.2, 0.25) is 5.02 Å². The van der Waals surface area contributed by atoms with Gasteiger partial charge in [-0.05, 0) is 59.5 Å². The Labute approximate surface area is 146 Å². The molecule has 0 bridgehead atoms. The number of rotatable bonds is 5. The summed E-state index contributed by atoms with van der Waals surface area (Å²) in [6.07, 6.45) is 0.860. The highest BCUT2D eigenvalue weighted by Crippen LogP contribution is 2.30. The highest BCUT2D eigenvalue weighted by atomic mass is 35.5. The molecule has 0 heterocycles. The fourth-order valence-electron chi connectivity index (χ4n) is 2.64. The maximum absolute atomic E-state index is 11.5. The van der Waals surface area contributed by atoms with Gasteiger partial charge in [-0.15, -0.1) is 0 Å². The van der Waals surface area contributed by atoms with E-state index in [9.17, 15) is 4.79 Å². The number of ether oxygens (including phenoxy) is 1. The van der Waals surface area contributed by atoms with Gasteiger partial charge in [-0.3, -0.25) is 4.79 Å². The molecule has 2 nitrogen and oxygen atoms in total. The molecule has 0 saturated heterocycles. The van der Waals surface area contributed by atoms with Gasteiger partial charge in [0, 0.05) is 10.6 Å². The lowest BCUT2D eigenvalue weighted by Crippen LogP contribution is -1.97. The van der Waals surface area contributed by atoms with Crippen LogP contribution in [-0.4, -0.2) is 6.29 Å². The lowest BCUT2D eigenvalue weighted by Gasteiger charge is -2.12. The van der Waals surface area contributed by atoms with E-state index < -0.39 is 0 Å². The fraction of sp³-hybridized carbons (Fsp3) is 0.0952. The second-order valence-electron chi connectivity index (χ2n) is 5.60. The van der Waals surface area contributed by atoms with Crippen LogP contribution in [0.4, 0.5) is 0 Å². The molecule has 0 atom stereocenters. The van der Waals surface area contributed by atoms with Gasteiger partial charge in [0.25, 0.3) is 0 Å². The van der Waals surface area contributed by atoms with Crippen LogP contribution < -0.4 is 4.74 Å². The van der Waals surface area contributed by atoms with Crippen molar-refractivity contribution in [3.8, 4) is 16.9 Å². The predicted molar refractivity (Wildman–Crippen MR) is 97.8 cm³/mol. The second kappa shape index (κ2) is 7.33. The molecule has 3 aromatic rings. The molecule has 0 amide bonds. The van der Waals surface area contributed by atoms with Crippen molar-refractivity contribution >= 4 is 17.9 Å². The largest absolute Gasteiger partial charge is 0.489 e. The van der Waals surface area contributed by atoms with Crippen molar-refractivity contribution < 1.29 is 9.53 Å². The summed E-state index contributed by atoms with van der Waals surface area (Å²) >= 11 is 6.01. The van der Waals surface area contributed by atoms with Crippen molar-refractivity contribution in [1.29, 1.82) is 0 Å². The minimum atomic E-state index is 0.471. The number of halogens is 1. The summed E-state index contributed by atoms with van der Waals surface area (Å²) in [7, 11) is 0. The fourth-order valence-corrected chi connectivity index (χ4v) is 2.87. The van der Waals surface area contributed by atoms with Crippen LogP contribution in [0, 0.1) is 6.92 Å². The van der Waals surface area contributed by atoms with Gasteiger partial charge in [0.15, 0.2) is 6.29 Å². The van der Waals surface area contributed by atoms with Crippen LogP contribution in [-0.2, 0) is 6.61 Å². The summed E-state index contributed by atoms with van der Waals surface area (Å²) in [5, 5.41) is 0.687. The van der Waals surface area contributed by atoms with E-state index in [2.05, 4.69) is 0 Å². The number of hydrogen-bond acceptors (Lipinski definition) is 2. The van der Waals surface area contributed by atoms with Crippen molar-refractivity contribution in [3.63, 3.8) is 0 Å². The third kappa shape index (κ3) is 3.66. The smallest absolute Gasteiger partial charge is 0.150 e. The van der Waals surface area contributed by atoms with E-state index in [0.717, 1.165) is 28.5 Å². The molecule has 0 spiro atoms. The molecule has 0 N–H and O–H groups in total. The molecule has 3 aromatic carbocycles. The van der Waals surface area contributed by atoms with E-state index in [4.69, 9.17) is 16.3 Å². The maximum Gasteiger partial charge on any atom is 0.150 e. The Balaban J connectivity index is 1.86. The van der Waals surface area contributed by atoms with Gasteiger partial charge in [-0.1, -0.05) is 48.0 Å². The van der Waals surface area contributed by atoms with Gasteiger partial charge >= 0.3 is 0 Å². The molecule has 0 aliphatic carbocycles. The van der Waals surface area contributed by atoms with Crippen LogP contribution >= 0.6 is 11.6 Å². The van der Waals surface area contributed by atoms with E-state index >= 15 is 0 Å². The molecular formula is C21H17ClO2. The monoisotopic (exact) mass is 336 g/mol. The molecule has 3 rings (SSSR count). The SMILES string of the molecule is Cc1cc(Cl)ccc1-c1ccc(OCc2ccccc2)cc1C=O. The van der Waals surface area contributed by atoms with Crippen molar-refractivity contribution in [2.45, 2.75) is 13.5 Å². The second-order valence-corrected chi connectivity index (χ2v) is 6.04. The molecule has 0 aliphatic rings. The molecule has 3 heteroatoms. The van der Waals surface area contributed by atoms with Crippen LogP contribution in [0.1, 0.15) is 21.5 Å². The number of hydrogen-bond donors (Lipinski definition) is 0. The Morgan fingerprint density at radius 1 is 0.958 bits per heavy atom. The standard InChI is InChI=1S/C21H17ClO2/c1-15-11-18(22)7-9-20(15)21-10-8-19(12-17(21)13-23)24-14-16-5-3-2-4-6-16/h2-13H,14H2,1H3. The molecule has 0 fully saturated rings. The summed E-state index contributed by atoms with van der Waals surface area (Å²) < 4.78 is 5.79. The first-order valence-electron chi connectivity index (χ1n) is 7.70. The van der Waals surface area contributed by atoms with Crippen LogP contribution in [0.15, 0.2) is 66.7 Å². The van der Waals surface area contributed by atoms with Crippen molar-refractivity contribution in [3.05, 3.63) is 88.4 Å². The maximum atomic E-state index is 11.5. The Bertz CT molecular complexity index is 857. The summed E-state index contributed by atoms with van der Waals surface area (Å²) in [5.41, 5.74) is 4.60. The van der Waals surface area contributed by atoms with Gasteiger partial charge in [-0.2, -0.15) is 0 Å². The van der Waals surface area contributed by atoms with Crippen molar-refractivity contribution in [1.82, 2.24) is 0 Å². The first kappa shape index (κ1) is 16.3. The quantitative estimate of drug-likeness (QED) is 0.558. The van der Waals surface area contributed by atoms with Crippen LogP contribution in [0.3, 0.4) is 0 Å². The Hall–Kier alpha value is -2.58. The molecule has 0 aliphatic heterocycles. The lowest BCUT2D eigenvalue weighted by molar-refractivity contribution is 0.112. The number of carbonyl (C=O) groups is 1. The third-order valence-corrected chi connectivity index (χ3v) is 4.11. The summed E-state index contributed by atoms with van der Waals surface area (Å²) in [6, 6.07) is 21.2. The topological polar surface area (TPSA) is 26.3 Å². The summed E-state index contributed by atoms with van der Waals surface area (Å²) in [4.78, 5) is 11.5. The molecule has 0 unspecified atom stereocenters. The Morgan fingerprint density at radius 3 is 2.42 bits per heavy atom. The van der Waals surface area contributed by atoms with E-state index in [1.165, 1.54) is 0 Å². The van der Waals surface area contributed by atoms with Crippen LogP contribution in [0.25, 0.3) is 11.1 Å². The van der Waals surface area contributed by atoms with E-state index in [1.54, 1.807) is 6.07 Å². The van der Waals surface area contributed by atoms with Gasteiger partial charge in [0.05, 0.1) is 0 Å². The minimum absolute atomic E-state index is 0.471. The third-order valence-electron chi connectivity index (χ3n) is 3.88. The van der Waals surface area contributed by atoms with Crippen LogP contribution in [0.5, 0.6) is 5.75 Å². The van der Waals surface area contributed by atoms with E-state index in [0.29, 0.717) is 22.9 Å². The molecule has 0 aromatic heterocycles. The number of benzene rings is 3. The zero-order valence-corrected chi connectivity index (χ0v) is 14.1. The van der Waals surface area contributed by atoms with Gasteiger partial charge in [0.1, 0.15) is 12.4 Å². The first-order valence-corrected chi connectivity index (χ1v) is 8.07. The van der Waals surface area contributed by atoms with Crippen molar-refractivity contribution in [2.24, 2.45) is 0 Å². The average Bonchev–Trinajstić information content (AvgIpc) is 2.61. The highest BCUT2D eigenvalue weighted by Gasteiger charge is 2.09. The molecule has 0 saturated carbocycles.